The third kappa shape index (κ3) is 2.39. The molecule has 0 radical (unpaired) electrons. The summed E-state index contributed by atoms with van der Waals surface area (Å²) in [6, 6.07) is 1.98. The summed E-state index contributed by atoms with van der Waals surface area (Å²) in [6.07, 6.45) is 2.27. The van der Waals surface area contributed by atoms with Crippen molar-refractivity contribution in [2.24, 2.45) is 5.92 Å². The van der Waals surface area contributed by atoms with E-state index in [1.807, 2.05) is 4.90 Å². The largest absolute Gasteiger partial charge is 0.358 e. The van der Waals surface area contributed by atoms with Gasteiger partial charge in [-0.25, -0.2) is 0 Å². The molecule has 7 heteroatoms. The maximum Gasteiger partial charge on any atom is 0.292 e. The van der Waals surface area contributed by atoms with E-state index in [9.17, 15) is 9.59 Å². The Morgan fingerprint density at radius 2 is 2.18 bits per heavy atom. The first-order valence-electron chi connectivity index (χ1n) is 7.72. The molecule has 2 aliphatic rings. The lowest BCUT2D eigenvalue weighted by Gasteiger charge is -2.32. The molecule has 3 heterocycles. The van der Waals surface area contributed by atoms with Crippen molar-refractivity contribution in [2.75, 3.05) is 20.1 Å². The highest BCUT2D eigenvalue weighted by molar-refractivity contribution is 5.91. The summed E-state index contributed by atoms with van der Waals surface area (Å²) >= 11 is 0. The first kappa shape index (κ1) is 15.0. The number of hydrogen-bond acceptors (Lipinski definition) is 5. The van der Waals surface area contributed by atoms with Crippen molar-refractivity contribution in [3.63, 3.8) is 0 Å². The van der Waals surface area contributed by atoms with Crippen LogP contribution in [0.2, 0.25) is 0 Å². The molecule has 1 N–H and O–H groups in total. The van der Waals surface area contributed by atoms with Gasteiger partial charge in [0.2, 0.25) is 11.7 Å². The molecule has 0 unspecified atom stereocenters. The number of hydrogen-bond donors (Lipinski definition) is 1. The summed E-state index contributed by atoms with van der Waals surface area (Å²) in [5.41, 5.74) is 0. The van der Waals surface area contributed by atoms with Crippen LogP contribution >= 0.6 is 0 Å². The van der Waals surface area contributed by atoms with Gasteiger partial charge < -0.3 is 14.7 Å². The topological polar surface area (TPSA) is 78.7 Å². The molecule has 7 nitrogen and oxygen atoms in total. The lowest BCUT2D eigenvalue weighted by Crippen LogP contribution is -2.50. The van der Waals surface area contributed by atoms with Crippen LogP contribution in [0.25, 0.3) is 0 Å². The average molecular weight is 306 g/mol. The van der Waals surface area contributed by atoms with E-state index in [1.54, 1.807) is 13.1 Å². The van der Waals surface area contributed by atoms with Crippen LogP contribution in [0.3, 0.4) is 0 Å². The predicted octanol–water partition coefficient (Wildman–Crippen LogP) is 0.344. The zero-order valence-corrected chi connectivity index (χ0v) is 13.2. The van der Waals surface area contributed by atoms with Crippen LogP contribution in [0.15, 0.2) is 16.8 Å². The van der Waals surface area contributed by atoms with Crippen molar-refractivity contribution < 1.29 is 14.1 Å². The quantitative estimate of drug-likeness (QED) is 0.871. The maximum absolute atomic E-state index is 12.4. The molecule has 0 bridgehead atoms. The van der Waals surface area contributed by atoms with Crippen LogP contribution in [-0.2, 0) is 4.79 Å². The van der Waals surface area contributed by atoms with Crippen LogP contribution in [0.1, 0.15) is 30.8 Å². The number of likely N-dealkylation sites (tertiary alicyclic amines) is 2. The summed E-state index contributed by atoms with van der Waals surface area (Å²) in [7, 11) is 1.68. The minimum Gasteiger partial charge on any atom is -0.358 e. The standard InChI is InChI=1S/C15H22N4O3/c1-9(2)19-11(14(20)16-3)6-10-7-18(8-12(10)19)15(21)13-4-5-17-22-13/h4-5,9-12H,6-8H2,1-3H3,(H,16,20)/t10-,11-,12+/m1/s1. The van der Waals surface area contributed by atoms with Gasteiger partial charge in [-0.05, 0) is 26.2 Å². The van der Waals surface area contributed by atoms with E-state index in [0.29, 0.717) is 19.0 Å². The van der Waals surface area contributed by atoms with E-state index in [2.05, 4.69) is 29.2 Å². The highest BCUT2D eigenvalue weighted by Crippen LogP contribution is 2.37. The van der Waals surface area contributed by atoms with Gasteiger partial charge in [0.1, 0.15) is 0 Å². The number of rotatable bonds is 3. The van der Waals surface area contributed by atoms with Gasteiger partial charge in [0.15, 0.2) is 0 Å². The summed E-state index contributed by atoms with van der Waals surface area (Å²) in [4.78, 5) is 28.5. The molecule has 0 aromatic carbocycles. The Bertz CT molecular complexity index is 557. The third-order valence-electron chi connectivity index (χ3n) is 4.76. The van der Waals surface area contributed by atoms with E-state index < -0.39 is 0 Å². The second kappa shape index (κ2) is 5.72. The molecular weight excluding hydrogens is 284 g/mol. The fourth-order valence-electron chi connectivity index (χ4n) is 3.86. The van der Waals surface area contributed by atoms with Crippen molar-refractivity contribution in [1.29, 1.82) is 0 Å². The molecule has 2 saturated heterocycles. The van der Waals surface area contributed by atoms with Crippen molar-refractivity contribution in [3.8, 4) is 0 Å². The van der Waals surface area contributed by atoms with E-state index >= 15 is 0 Å². The van der Waals surface area contributed by atoms with E-state index in [0.717, 1.165) is 6.42 Å². The van der Waals surface area contributed by atoms with E-state index in [4.69, 9.17) is 4.52 Å². The number of likely N-dealkylation sites (N-methyl/N-ethyl adjacent to an activating group) is 1. The van der Waals surface area contributed by atoms with Crippen LogP contribution in [0.5, 0.6) is 0 Å². The first-order valence-corrected chi connectivity index (χ1v) is 7.72. The Morgan fingerprint density at radius 3 is 2.77 bits per heavy atom. The van der Waals surface area contributed by atoms with Gasteiger partial charge in [-0.1, -0.05) is 5.16 Å². The van der Waals surface area contributed by atoms with Crippen molar-refractivity contribution in [3.05, 3.63) is 18.0 Å². The monoisotopic (exact) mass is 306 g/mol. The molecule has 0 saturated carbocycles. The van der Waals surface area contributed by atoms with E-state index in [-0.39, 0.29) is 35.7 Å². The van der Waals surface area contributed by atoms with Gasteiger partial charge in [0.05, 0.1) is 12.2 Å². The van der Waals surface area contributed by atoms with Gasteiger partial charge in [-0.3, -0.25) is 14.5 Å². The number of carbonyl (C=O) groups is 2. The number of aromatic nitrogens is 1. The Morgan fingerprint density at radius 1 is 1.41 bits per heavy atom. The van der Waals surface area contributed by atoms with Crippen LogP contribution in [0, 0.1) is 5.92 Å². The summed E-state index contributed by atoms with van der Waals surface area (Å²) < 4.78 is 4.96. The second-order valence-electron chi connectivity index (χ2n) is 6.32. The SMILES string of the molecule is CNC(=O)[C@H]1C[C@@H]2CN(C(=O)c3ccno3)C[C@@H]2N1C(C)C. The Hall–Kier alpha value is -1.89. The highest BCUT2D eigenvalue weighted by Gasteiger charge is 2.50. The molecule has 1 aromatic rings. The highest BCUT2D eigenvalue weighted by atomic mass is 16.5. The first-order chi connectivity index (χ1) is 10.5. The van der Waals surface area contributed by atoms with Gasteiger partial charge in [0, 0.05) is 38.3 Å². The second-order valence-corrected chi connectivity index (χ2v) is 6.32. The van der Waals surface area contributed by atoms with Gasteiger partial charge >= 0.3 is 0 Å². The van der Waals surface area contributed by atoms with E-state index in [1.165, 1.54) is 6.20 Å². The molecule has 120 valence electrons. The molecule has 2 amide bonds. The number of amides is 2. The molecule has 0 aliphatic carbocycles. The fourth-order valence-corrected chi connectivity index (χ4v) is 3.86. The number of carbonyl (C=O) groups excluding carboxylic acids is 2. The minimum atomic E-state index is -0.118. The maximum atomic E-state index is 12.4. The lowest BCUT2D eigenvalue weighted by atomic mass is 10.0. The average Bonchev–Trinajstić information content (AvgIpc) is 3.19. The zero-order valence-electron chi connectivity index (χ0n) is 13.2. The summed E-state index contributed by atoms with van der Waals surface area (Å²) in [5, 5.41) is 6.34. The number of nitrogens with one attached hydrogen (secondary N) is 1. The molecular formula is C15H22N4O3. The molecule has 3 rings (SSSR count). The van der Waals surface area contributed by atoms with Crippen molar-refractivity contribution in [2.45, 2.75) is 38.4 Å². The van der Waals surface area contributed by atoms with Gasteiger partial charge in [-0.15, -0.1) is 0 Å². The predicted molar refractivity (Wildman–Crippen MR) is 79.1 cm³/mol. The zero-order chi connectivity index (χ0) is 15.9. The fraction of sp³-hybridized carbons (Fsp3) is 0.667. The van der Waals surface area contributed by atoms with Gasteiger partial charge in [0.25, 0.3) is 5.91 Å². The number of fused-ring (bicyclic) bond motifs is 1. The van der Waals surface area contributed by atoms with Crippen molar-refractivity contribution in [1.82, 2.24) is 20.3 Å². The Balaban J connectivity index is 1.75. The Kier molecular flexibility index (Phi) is 3.90. The molecule has 2 aliphatic heterocycles. The molecule has 3 atom stereocenters. The summed E-state index contributed by atoms with van der Waals surface area (Å²) in [6.45, 7) is 5.50. The van der Waals surface area contributed by atoms with Gasteiger partial charge in [-0.2, -0.15) is 0 Å². The Labute approximate surface area is 129 Å². The molecule has 1 aromatic heterocycles. The van der Waals surface area contributed by atoms with Crippen molar-refractivity contribution >= 4 is 11.8 Å². The number of nitrogens with zero attached hydrogens (tertiary/aromatic N) is 3. The smallest absolute Gasteiger partial charge is 0.292 e. The lowest BCUT2D eigenvalue weighted by molar-refractivity contribution is -0.126. The van der Waals surface area contributed by atoms with Crippen LogP contribution < -0.4 is 5.32 Å². The van der Waals surface area contributed by atoms with Crippen LogP contribution in [-0.4, -0.2) is 65.0 Å². The summed E-state index contributed by atoms with van der Waals surface area (Å²) in [5.74, 6) is 0.554. The normalized spacial score (nSPS) is 28.2. The molecule has 22 heavy (non-hydrogen) atoms. The third-order valence-corrected chi connectivity index (χ3v) is 4.76. The van der Waals surface area contributed by atoms with Crippen LogP contribution in [0.4, 0.5) is 0 Å². The minimum absolute atomic E-state index is 0.0659. The molecule has 2 fully saturated rings. The molecule has 0 spiro atoms.